The first-order valence-corrected chi connectivity index (χ1v) is 6.72. The molecule has 1 aliphatic rings. The number of fused-ring (bicyclic) bond motifs is 1. The summed E-state index contributed by atoms with van der Waals surface area (Å²) < 4.78 is 2.06. The van der Waals surface area contributed by atoms with Gasteiger partial charge in [-0.15, -0.1) is 0 Å². The third kappa shape index (κ3) is 2.70. The second-order valence-corrected chi connectivity index (χ2v) is 4.98. The van der Waals surface area contributed by atoms with E-state index >= 15 is 0 Å². The third-order valence-corrected chi connectivity index (χ3v) is 3.69. The van der Waals surface area contributed by atoms with Crippen LogP contribution in [0.15, 0.2) is 30.9 Å². The third-order valence-electron chi connectivity index (χ3n) is 3.69. The van der Waals surface area contributed by atoms with Crippen LogP contribution in [0.1, 0.15) is 17.8 Å². The number of amides is 1. The van der Waals surface area contributed by atoms with Crippen molar-refractivity contribution in [2.45, 2.75) is 25.8 Å². The second kappa shape index (κ2) is 5.30. The topological polar surface area (TPSA) is 62.7 Å². The number of hydrogen-bond acceptors (Lipinski definition) is 2. The second-order valence-electron chi connectivity index (χ2n) is 4.98. The number of hydrogen-bond donors (Lipinski definition) is 2. The highest BCUT2D eigenvalue weighted by Gasteiger charge is 2.25. The van der Waals surface area contributed by atoms with Crippen LogP contribution >= 0.6 is 0 Å². The van der Waals surface area contributed by atoms with Gasteiger partial charge in [-0.2, -0.15) is 0 Å². The number of rotatable bonds is 4. The van der Waals surface area contributed by atoms with Gasteiger partial charge in [0.1, 0.15) is 0 Å². The maximum atomic E-state index is 12.1. The molecular formula is C14H18N4O. The molecule has 0 fully saturated rings. The minimum Gasteiger partial charge on any atom is -0.354 e. The van der Waals surface area contributed by atoms with Crippen molar-refractivity contribution in [1.82, 2.24) is 19.9 Å². The molecule has 0 aliphatic heterocycles. The summed E-state index contributed by atoms with van der Waals surface area (Å²) >= 11 is 0. The lowest BCUT2D eigenvalue weighted by molar-refractivity contribution is -0.125. The van der Waals surface area contributed by atoms with Gasteiger partial charge in [0.15, 0.2) is 0 Å². The van der Waals surface area contributed by atoms with Gasteiger partial charge in [0.25, 0.3) is 0 Å². The van der Waals surface area contributed by atoms with Gasteiger partial charge in [-0.3, -0.25) is 4.79 Å². The van der Waals surface area contributed by atoms with Gasteiger partial charge >= 0.3 is 0 Å². The Kier molecular flexibility index (Phi) is 3.35. The van der Waals surface area contributed by atoms with E-state index in [1.54, 1.807) is 6.33 Å². The van der Waals surface area contributed by atoms with Gasteiger partial charge in [-0.25, -0.2) is 4.98 Å². The molecule has 1 aliphatic carbocycles. The number of aryl methyl sites for hydroxylation is 1. The van der Waals surface area contributed by atoms with E-state index in [0.717, 1.165) is 37.2 Å². The summed E-state index contributed by atoms with van der Waals surface area (Å²) in [6.45, 7) is 1.50. The lowest BCUT2D eigenvalue weighted by atomic mass is 9.89. The first kappa shape index (κ1) is 12.0. The standard InChI is InChI=1S/C14H18N4O/c19-14(15-5-8-18-6-1-2-7-18)11-3-4-12-13(9-11)17-10-16-12/h1-2,6-7,10-11H,3-5,8-9H2,(H,15,19)(H,16,17)/t11-/m0/s1. The van der Waals surface area contributed by atoms with Crippen LogP contribution in [0, 0.1) is 5.92 Å². The van der Waals surface area contributed by atoms with Gasteiger partial charge in [0.05, 0.1) is 12.0 Å². The van der Waals surface area contributed by atoms with E-state index in [2.05, 4.69) is 19.9 Å². The molecule has 0 bridgehead atoms. The Bertz CT molecular complexity index is 544. The summed E-state index contributed by atoms with van der Waals surface area (Å²) in [7, 11) is 0. The molecule has 19 heavy (non-hydrogen) atoms. The van der Waals surface area contributed by atoms with E-state index in [9.17, 15) is 4.79 Å². The monoisotopic (exact) mass is 258 g/mol. The minimum absolute atomic E-state index is 0.0811. The van der Waals surface area contributed by atoms with Crippen molar-refractivity contribution in [1.29, 1.82) is 0 Å². The molecule has 2 heterocycles. The smallest absolute Gasteiger partial charge is 0.223 e. The molecule has 0 radical (unpaired) electrons. The Morgan fingerprint density at radius 3 is 3.16 bits per heavy atom. The molecule has 5 nitrogen and oxygen atoms in total. The fraction of sp³-hybridized carbons (Fsp3) is 0.429. The Labute approximate surface area is 112 Å². The van der Waals surface area contributed by atoms with Crippen LogP contribution < -0.4 is 5.32 Å². The molecular weight excluding hydrogens is 240 g/mol. The summed E-state index contributed by atoms with van der Waals surface area (Å²) in [6.07, 6.45) is 8.30. The van der Waals surface area contributed by atoms with Gasteiger partial charge in [-0.05, 0) is 25.0 Å². The average molecular weight is 258 g/mol. The molecule has 100 valence electrons. The molecule has 1 amide bonds. The zero-order chi connectivity index (χ0) is 13.1. The highest BCUT2D eigenvalue weighted by atomic mass is 16.1. The predicted molar refractivity (Wildman–Crippen MR) is 71.5 cm³/mol. The van der Waals surface area contributed by atoms with E-state index in [1.165, 1.54) is 0 Å². The number of aromatic nitrogens is 3. The Hall–Kier alpha value is -2.04. The van der Waals surface area contributed by atoms with Crippen molar-refractivity contribution >= 4 is 5.91 Å². The molecule has 0 saturated heterocycles. The molecule has 0 unspecified atom stereocenters. The summed E-state index contributed by atoms with van der Waals surface area (Å²) in [5.41, 5.74) is 2.24. The molecule has 2 aromatic rings. The van der Waals surface area contributed by atoms with Crippen molar-refractivity contribution in [3.05, 3.63) is 42.2 Å². The fourth-order valence-electron chi connectivity index (χ4n) is 2.60. The zero-order valence-electron chi connectivity index (χ0n) is 10.8. The van der Waals surface area contributed by atoms with E-state index in [-0.39, 0.29) is 11.8 Å². The number of nitrogens with one attached hydrogen (secondary N) is 2. The van der Waals surface area contributed by atoms with Crippen LogP contribution in [0.5, 0.6) is 0 Å². The highest BCUT2D eigenvalue weighted by molar-refractivity contribution is 5.79. The van der Waals surface area contributed by atoms with E-state index in [0.29, 0.717) is 6.54 Å². The van der Waals surface area contributed by atoms with Crippen LogP contribution in [-0.4, -0.2) is 27.0 Å². The van der Waals surface area contributed by atoms with E-state index in [4.69, 9.17) is 0 Å². The van der Waals surface area contributed by atoms with Crippen LogP contribution in [0.3, 0.4) is 0 Å². The fourth-order valence-corrected chi connectivity index (χ4v) is 2.60. The van der Waals surface area contributed by atoms with Gasteiger partial charge in [0.2, 0.25) is 5.91 Å². The summed E-state index contributed by atoms with van der Waals surface area (Å²) in [5.74, 6) is 0.241. The summed E-state index contributed by atoms with van der Waals surface area (Å²) in [4.78, 5) is 19.5. The average Bonchev–Trinajstić information content (AvgIpc) is 3.08. The molecule has 5 heteroatoms. The van der Waals surface area contributed by atoms with Gasteiger partial charge in [-0.1, -0.05) is 0 Å². The van der Waals surface area contributed by atoms with Gasteiger partial charge < -0.3 is 14.9 Å². The number of carbonyl (C=O) groups is 1. The number of aromatic amines is 1. The van der Waals surface area contributed by atoms with E-state index in [1.807, 2.05) is 24.5 Å². The SMILES string of the molecule is O=C(NCCn1cccc1)[C@H]1CCc2nc[nH]c2C1. The van der Waals surface area contributed by atoms with Crippen LogP contribution in [0.4, 0.5) is 0 Å². The number of carbonyl (C=O) groups excluding carboxylic acids is 1. The molecule has 0 aromatic carbocycles. The largest absolute Gasteiger partial charge is 0.354 e. The molecule has 0 saturated carbocycles. The van der Waals surface area contributed by atoms with Crippen LogP contribution in [0.2, 0.25) is 0 Å². The molecule has 2 aromatic heterocycles. The van der Waals surface area contributed by atoms with Crippen molar-refractivity contribution in [2.24, 2.45) is 5.92 Å². The summed E-state index contributed by atoms with van der Waals surface area (Å²) in [6, 6.07) is 3.98. The van der Waals surface area contributed by atoms with Crippen molar-refractivity contribution < 1.29 is 4.79 Å². The highest BCUT2D eigenvalue weighted by Crippen LogP contribution is 2.22. The number of imidazole rings is 1. The normalized spacial score (nSPS) is 18.0. The number of nitrogens with zero attached hydrogens (tertiary/aromatic N) is 2. The van der Waals surface area contributed by atoms with E-state index < -0.39 is 0 Å². The Balaban J connectivity index is 1.49. The Morgan fingerprint density at radius 2 is 2.32 bits per heavy atom. The quantitative estimate of drug-likeness (QED) is 0.863. The van der Waals surface area contributed by atoms with Crippen molar-refractivity contribution in [3.63, 3.8) is 0 Å². The van der Waals surface area contributed by atoms with Gasteiger partial charge in [0, 0.05) is 43.5 Å². The molecule has 2 N–H and O–H groups in total. The predicted octanol–water partition coefficient (Wildman–Crippen LogP) is 1.13. The number of H-pyrrole nitrogens is 1. The first-order chi connectivity index (χ1) is 9.33. The molecule has 0 spiro atoms. The Morgan fingerprint density at radius 1 is 1.47 bits per heavy atom. The lowest BCUT2D eigenvalue weighted by Crippen LogP contribution is -2.35. The maximum Gasteiger partial charge on any atom is 0.223 e. The lowest BCUT2D eigenvalue weighted by Gasteiger charge is -2.20. The zero-order valence-corrected chi connectivity index (χ0v) is 10.8. The molecule has 1 atom stereocenters. The van der Waals surface area contributed by atoms with Crippen molar-refractivity contribution in [2.75, 3.05) is 6.54 Å². The van der Waals surface area contributed by atoms with Crippen LogP contribution in [-0.2, 0) is 24.2 Å². The van der Waals surface area contributed by atoms with Crippen LogP contribution in [0.25, 0.3) is 0 Å². The molecule has 3 rings (SSSR count). The summed E-state index contributed by atoms with van der Waals surface area (Å²) in [5, 5.41) is 3.02. The first-order valence-electron chi connectivity index (χ1n) is 6.72. The minimum atomic E-state index is 0.0811. The van der Waals surface area contributed by atoms with Crippen molar-refractivity contribution in [3.8, 4) is 0 Å². The maximum absolute atomic E-state index is 12.1.